The van der Waals surface area contributed by atoms with Crippen LogP contribution < -0.4 is 17.2 Å². The van der Waals surface area contributed by atoms with Crippen LogP contribution in [0.2, 0.25) is 19.0 Å². The van der Waals surface area contributed by atoms with Crippen molar-refractivity contribution < 1.29 is 59.1 Å². The minimum atomic E-state index is -1.32. The van der Waals surface area contributed by atoms with Crippen LogP contribution in [0.25, 0.3) is 0 Å². The fraction of sp³-hybridized carbons (Fsp3) is 0.921. The number of esters is 2. The number of carboxylic acids is 1. The maximum atomic E-state index is 12.1. The van der Waals surface area contributed by atoms with E-state index in [1.54, 1.807) is 0 Å². The van der Waals surface area contributed by atoms with Gasteiger partial charge >= 0.3 is 39.3 Å². The smallest absolute Gasteiger partial charge is 0.451 e. The topological polar surface area (TPSA) is 299 Å². The van der Waals surface area contributed by atoms with E-state index in [1.165, 1.54) is 14.2 Å². The molecule has 0 bridgehead atoms. The summed E-state index contributed by atoms with van der Waals surface area (Å²) in [6.07, 6.45) is 9.67. The molecule has 0 saturated heterocycles. The van der Waals surface area contributed by atoms with Crippen molar-refractivity contribution in [2.75, 3.05) is 76.1 Å². The Morgan fingerprint density at radius 2 is 0.780 bits per heavy atom. The number of hydrogen-bond donors (Lipinski definition) is 10. The monoisotopic (exact) mass is 845 g/mol. The molecule has 59 heavy (non-hydrogen) atoms. The van der Waals surface area contributed by atoms with Crippen molar-refractivity contribution in [2.45, 2.75) is 113 Å². The maximum Gasteiger partial charge on any atom is 0.451 e. The van der Waals surface area contributed by atoms with Gasteiger partial charge in [0.25, 0.3) is 0 Å². The molecule has 13 N–H and O–H groups in total. The zero-order valence-corrected chi connectivity index (χ0v) is 37.2. The van der Waals surface area contributed by atoms with Gasteiger partial charge in [0, 0.05) is 37.4 Å². The van der Waals surface area contributed by atoms with E-state index in [0.717, 1.165) is 51.6 Å². The van der Waals surface area contributed by atoms with E-state index < -0.39 is 43.9 Å². The Bertz CT molecular complexity index is 1200. The molecular formula is C38H79B3N6O12. The largest absolute Gasteiger partial charge is 0.480 e. The van der Waals surface area contributed by atoms with E-state index in [-0.39, 0.29) is 53.8 Å². The third kappa shape index (κ3) is 18.2. The van der Waals surface area contributed by atoms with Gasteiger partial charge in [-0.1, -0.05) is 19.3 Å². The van der Waals surface area contributed by atoms with Crippen molar-refractivity contribution in [3.8, 4) is 0 Å². The highest BCUT2D eigenvalue weighted by Gasteiger charge is 2.49. The van der Waals surface area contributed by atoms with Crippen LogP contribution in [0.5, 0.6) is 0 Å². The summed E-state index contributed by atoms with van der Waals surface area (Å²) in [5.74, 6) is -0.971. The SMILES string of the molecule is CN(C)C[C@@H]1CC[C@@H](CCB(O)O)C[C@]1(N)C(=O)O.COC(=O)[C@@]1(N)C[C@H](CCB(O)O)CC[C@H]1CN(C)C.COC(=O)[C@@]1(N)C[C@H](CCB(O)O)CC[C@H]1CN(C)C. The number of nitrogens with two attached hydrogens (primary N) is 3. The molecule has 0 aromatic rings. The summed E-state index contributed by atoms with van der Waals surface area (Å²) >= 11 is 0. The highest BCUT2D eigenvalue weighted by Crippen LogP contribution is 2.41. The quantitative estimate of drug-likeness (QED) is 0.0585. The molecule has 18 nitrogen and oxygen atoms in total. The minimum absolute atomic E-state index is 0.0599. The number of carbonyl (C=O) groups excluding carboxylic acids is 2. The standard InChI is InChI=1S/2C13H27BN2O4.C12H25BN2O4/c2*1-16(2)9-11-5-4-10(6-7-14(18)19)8-13(11,15)12(17)20-3;1-15(2)8-10-4-3-9(5-6-13(18)19)7-12(10,14)11(16)17/h2*10-11,18-19H,4-9,15H2,1-3H3;9-10,18-19H,3-8,14H2,1-2H3,(H,16,17)/t2*10-,11-,13+;9-,10-,12+/m000/s1. The van der Waals surface area contributed by atoms with Crippen LogP contribution in [0.15, 0.2) is 0 Å². The molecule has 0 spiro atoms. The van der Waals surface area contributed by atoms with Crippen molar-refractivity contribution >= 4 is 39.3 Å². The van der Waals surface area contributed by atoms with E-state index in [1.807, 2.05) is 57.0 Å². The maximum absolute atomic E-state index is 12.1. The molecule has 0 unspecified atom stereocenters. The van der Waals surface area contributed by atoms with Gasteiger partial charge < -0.3 is 76.6 Å². The third-order valence-electron chi connectivity index (χ3n) is 12.6. The number of rotatable bonds is 18. The summed E-state index contributed by atoms with van der Waals surface area (Å²) in [4.78, 5) is 41.7. The molecule has 0 amide bonds. The minimum Gasteiger partial charge on any atom is -0.480 e. The van der Waals surface area contributed by atoms with Crippen molar-refractivity contribution in [1.82, 2.24) is 14.7 Å². The number of hydrogen-bond acceptors (Lipinski definition) is 17. The molecule has 0 radical (unpaired) electrons. The second-order valence-electron chi connectivity index (χ2n) is 18.4. The number of carbonyl (C=O) groups is 3. The van der Waals surface area contributed by atoms with Crippen LogP contribution in [-0.2, 0) is 23.9 Å². The van der Waals surface area contributed by atoms with Gasteiger partial charge in [-0.25, -0.2) is 0 Å². The average Bonchev–Trinajstić information content (AvgIpc) is 3.14. The predicted octanol–water partition coefficient (Wildman–Crippen LogP) is -0.995. The second kappa shape index (κ2) is 25.9. The predicted molar refractivity (Wildman–Crippen MR) is 229 cm³/mol. The lowest BCUT2D eigenvalue weighted by Crippen LogP contribution is -2.60. The number of ether oxygens (including phenoxy) is 2. The Balaban J connectivity index is 0.000000443. The molecule has 21 heteroatoms. The fourth-order valence-electron chi connectivity index (χ4n) is 9.44. The highest BCUT2D eigenvalue weighted by molar-refractivity contribution is 6.41. The molecule has 3 rings (SSSR count). The van der Waals surface area contributed by atoms with E-state index in [2.05, 4.69) is 0 Å². The number of nitrogens with zero attached hydrogens (tertiary/aromatic N) is 3. The average molecular weight is 845 g/mol. The first-order valence-corrected chi connectivity index (χ1v) is 21.1. The van der Waals surface area contributed by atoms with Gasteiger partial charge in [-0.3, -0.25) is 14.4 Å². The van der Waals surface area contributed by atoms with Gasteiger partial charge in [-0.05, 0) is 137 Å². The Morgan fingerprint density at radius 3 is 1.00 bits per heavy atom. The van der Waals surface area contributed by atoms with Gasteiger partial charge in [0.1, 0.15) is 16.6 Å². The molecule has 0 aromatic heterocycles. The molecule has 0 heterocycles. The first kappa shape index (κ1) is 55.1. The van der Waals surface area contributed by atoms with Gasteiger partial charge in [-0.15, -0.1) is 0 Å². The zero-order valence-electron chi connectivity index (χ0n) is 37.2. The summed E-state index contributed by atoms with van der Waals surface area (Å²) in [7, 11) is 10.5. The van der Waals surface area contributed by atoms with Crippen molar-refractivity contribution in [2.24, 2.45) is 52.7 Å². The number of carboxylic acid groups (broad SMARTS) is 1. The summed E-state index contributed by atoms with van der Waals surface area (Å²) in [5.41, 5.74) is 15.8. The van der Waals surface area contributed by atoms with Crippen LogP contribution in [0.3, 0.4) is 0 Å². The van der Waals surface area contributed by atoms with Crippen molar-refractivity contribution in [1.29, 1.82) is 0 Å². The van der Waals surface area contributed by atoms with Crippen molar-refractivity contribution in [3.05, 3.63) is 0 Å². The normalized spacial score (nSPS) is 30.7. The van der Waals surface area contributed by atoms with Crippen LogP contribution in [0, 0.1) is 35.5 Å². The van der Waals surface area contributed by atoms with Crippen LogP contribution >= 0.6 is 0 Å². The van der Waals surface area contributed by atoms with Crippen LogP contribution in [0.4, 0.5) is 0 Å². The summed E-state index contributed by atoms with van der Waals surface area (Å²) < 4.78 is 9.79. The van der Waals surface area contributed by atoms with Crippen LogP contribution in [-0.4, -0.2) is 182 Å². The van der Waals surface area contributed by atoms with Gasteiger partial charge in [0.15, 0.2) is 0 Å². The zero-order chi connectivity index (χ0) is 45.3. The number of methoxy groups -OCH3 is 2. The van der Waals surface area contributed by atoms with E-state index in [0.29, 0.717) is 57.7 Å². The first-order valence-electron chi connectivity index (χ1n) is 21.1. The molecule has 3 fully saturated rings. The molecular weight excluding hydrogens is 765 g/mol. The molecule has 3 aliphatic carbocycles. The molecule has 3 saturated carbocycles. The lowest BCUT2D eigenvalue weighted by Gasteiger charge is -2.43. The lowest BCUT2D eigenvalue weighted by molar-refractivity contribution is -0.153. The Morgan fingerprint density at radius 1 is 0.525 bits per heavy atom. The van der Waals surface area contributed by atoms with Gasteiger partial charge in [0.05, 0.1) is 14.2 Å². The summed E-state index contributed by atoms with van der Waals surface area (Å²) in [5, 5.41) is 63.1. The van der Waals surface area contributed by atoms with E-state index >= 15 is 0 Å². The molecule has 342 valence electrons. The van der Waals surface area contributed by atoms with Crippen molar-refractivity contribution in [3.63, 3.8) is 0 Å². The van der Waals surface area contributed by atoms with Crippen LogP contribution in [0.1, 0.15) is 77.0 Å². The van der Waals surface area contributed by atoms with E-state index in [9.17, 15) is 19.5 Å². The Kier molecular flexibility index (Phi) is 24.2. The third-order valence-corrected chi connectivity index (χ3v) is 12.6. The first-order chi connectivity index (χ1) is 27.3. The fourth-order valence-corrected chi connectivity index (χ4v) is 9.44. The molecule has 3 aliphatic rings. The number of aliphatic carboxylic acids is 1. The van der Waals surface area contributed by atoms with E-state index in [4.69, 9.17) is 56.8 Å². The summed E-state index contributed by atoms with van der Waals surface area (Å²) in [6, 6.07) is 0. The van der Waals surface area contributed by atoms with Gasteiger partial charge in [0.2, 0.25) is 0 Å². The molecule has 0 aliphatic heterocycles. The van der Waals surface area contributed by atoms with Gasteiger partial charge in [-0.2, -0.15) is 0 Å². The highest BCUT2D eigenvalue weighted by atomic mass is 16.5. The summed E-state index contributed by atoms with van der Waals surface area (Å²) in [6.45, 7) is 2.17. The Labute approximate surface area is 353 Å². The Hall–Kier alpha value is -1.88. The lowest BCUT2D eigenvalue weighted by atomic mass is 9.66. The molecule has 9 atom stereocenters. The molecule has 0 aromatic carbocycles. The second-order valence-corrected chi connectivity index (χ2v) is 18.4.